The van der Waals surface area contributed by atoms with Crippen LogP contribution in [0.1, 0.15) is 29.5 Å². The summed E-state index contributed by atoms with van der Waals surface area (Å²) in [6.45, 7) is 3.81. The topological polar surface area (TPSA) is 17.1 Å². The number of aryl methyl sites for hydroxylation is 1. The Hall–Kier alpha value is -3.07. The number of ketones is 1. The highest BCUT2D eigenvalue weighted by Crippen LogP contribution is 2.16. The van der Waals surface area contributed by atoms with Crippen LogP contribution in [0.3, 0.4) is 0 Å². The van der Waals surface area contributed by atoms with Crippen molar-refractivity contribution in [2.75, 3.05) is 0 Å². The van der Waals surface area contributed by atoms with Gasteiger partial charge in [-0.3, -0.25) is 4.79 Å². The minimum Gasteiger partial charge on any atom is -0.294 e. The quantitative estimate of drug-likeness (QED) is 0.493. The molecule has 1 nitrogen and oxygen atoms in total. The van der Waals surface area contributed by atoms with Gasteiger partial charge in [-0.25, -0.2) is 8.78 Å². The van der Waals surface area contributed by atoms with Crippen LogP contribution in [0.15, 0.2) is 84.9 Å². The van der Waals surface area contributed by atoms with Crippen LogP contribution in [0.25, 0.3) is 6.08 Å². The van der Waals surface area contributed by atoms with E-state index in [1.807, 2.05) is 44.2 Å². The van der Waals surface area contributed by atoms with Crippen molar-refractivity contribution in [3.8, 4) is 0 Å². The first-order valence-corrected chi connectivity index (χ1v) is 8.70. The first kappa shape index (κ1) is 20.2. The lowest BCUT2D eigenvalue weighted by atomic mass is 9.96. The molecule has 3 aromatic rings. The number of rotatable bonds is 4. The first-order valence-electron chi connectivity index (χ1n) is 8.70. The van der Waals surface area contributed by atoms with Crippen LogP contribution in [-0.2, 0) is 4.79 Å². The zero-order valence-corrected chi connectivity index (χ0v) is 15.4. The van der Waals surface area contributed by atoms with E-state index in [0.29, 0.717) is 0 Å². The maximum Gasteiger partial charge on any atom is 0.162 e. The van der Waals surface area contributed by atoms with Gasteiger partial charge in [-0.15, -0.1) is 0 Å². The fraction of sp³-hybridized carbons (Fsp3) is 0.125. The standard InChI is InChI=1S/C17H15FO.C7H7F/c1-13(15-5-3-2-4-6-15)17(19)12-9-14-7-10-16(18)11-8-14;1-6-2-4-7(8)5-3-6/h2-13H,1H3;2-5H,1H3/b12-9+;. The highest BCUT2D eigenvalue weighted by atomic mass is 19.1. The summed E-state index contributed by atoms with van der Waals surface area (Å²) in [6, 6.07) is 22.1. The number of carbonyl (C=O) groups excluding carboxylic acids is 1. The molecule has 1 unspecified atom stereocenters. The summed E-state index contributed by atoms with van der Waals surface area (Å²) in [5.41, 5.74) is 2.90. The Morgan fingerprint density at radius 3 is 1.85 bits per heavy atom. The predicted molar refractivity (Wildman–Crippen MR) is 106 cm³/mol. The van der Waals surface area contributed by atoms with Crippen LogP contribution >= 0.6 is 0 Å². The molecule has 0 amide bonds. The van der Waals surface area contributed by atoms with Crippen molar-refractivity contribution in [1.82, 2.24) is 0 Å². The number of carbonyl (C=O) groups is 1. The number of allylic oxidation sites excluding steroid dienone is 1. The van der Waals surface area contributed by atoms with E-state index in [1.54, 1.807) is 36.4 Å². The van der Waals surface area contributed by atoms with E-state index in [4.69, 9.17) is 0 Å². The summed E-state index contributed by atoms with van der Waals surface area (Å²) < 4.78 is 24.8. The van der Waals surface area contributed by atoms with Crippen LogP contribution in [0, 0.1) is 18.6 Å². The number of hydrogen-bond donors (Lipinski definition) is 0. The van der Waals surface area contributed by atoms with Gasteiger partial charge in [0.1, 0.15) is 11.6 Å². The lowest BCUT2D eigenvalue weighted by molar-refractivity contribution is -0.115. The SMILES string of the molecule is CC(C(=O)/C=C/c1ccc(F)cc1)c1ccccc1.Cc1ccc(F)cc1. The fourth-order valence-corrected chi connectivity index (χ4v) is 2.34. The van der Waals surface area contributed by atoms with Gasteiger partial charge in [-0.05, 0) is 48.4 Å². The zero-order chi connectivity index (χ0) is 19.6. The van der Waals surface area contributed by atoms with Crippen molar-refractivity contribution < 1.29 is 13.6 Å². The molecule has 3 aromatic carbocycles. The molecule has 138 valence electrons. The monoisotopic (exact) mass is 364 g/mol. The van der Waals surface area contributed by atoms with Crippen molar-refractivity contribution in [3.05, 3.63) is 113 Å². The molecule has 1 atom stereocenters. The summed E-state index contributed by atoms with van der Waals surface area (Å²) >= 11 is 0. The fourth-order valence-electron chi connectivity index (χ4n) is 2.34. The van der Waals surface area contributed by atoms with Crippen LogP contribution in [0.2, 0.25) is 0 Å². The molecule has 27 heavy (non-hydrogen) atoms. The summed E-state index contributed by atoms with van der Waals surface area (Å²) in [5.74, 6) is -0.579. The first-order chi connectivity index (χ1) is 13.0. The molecule has 0 radical (unpaired) electrons. The zero-order valence-electron chi connectivity index (χ0n) is 15.4. The maximum absolute atomic E-state index is 12.7. The van der Waals surface area contributed by atoms with Crippen molar-refractivity contribution in [1.29, 1.82) is 0 Å². The predicted octanol–water partition coefficient (Wildman–Crippen LogP) is 6.35. The third-order valence-corrected chi connectivity index (χ3v) is 4.05. The Labute approximate surface area is 159 Å². The van der Waals surface area contributed by atoms with Gasteiger partial charge < -0.3 is 0 Å². The van der Waals surface area contributed by atoms with E-state index in [0.717, 1.165) is 16.7 Å². The maximum atomic E-state index is 12.7. The summed E-state index contributed by atoms with van der Waals surface area (Å²) in [5, 5.41) is 0. The van der Waals surface area contributed by atoms with Crippen LogP contribution in [0.5, 0.6) is 0 Å². The highest BCUT2D eigenvalue weighted by molar-refractivity contribution is 5.98. The Bertz CT molecular complexity index is 846. The third-order valence-electron chi connectivity index (χ3n) is 4.05. The Morgan fingerprint density at radius 2 is 1.33 bits per heavy atom. The molecular formula is C24H22F2O. The van der Waals surface area contributed by atoms with E-state index in [-0.39, 0.29) is 23.3 Å². The smallest absolute Gasteiger partial charge is 0.162 e. The average molecular weight is 364 g/mol. The van der Waals surface area contributed by atoms with Gasteiger partial charge in [0.2, 0.25) is 0 Å². The van der Waals surface area contributed by atoms with Gasteiger partial charge in [0.25, 0.3) is 0 Å². The molecule has 0 fully saturated rings. The van der Waals surface area contributed by atoms with Gasteiger partial charge in [0.15, 0.2) is 5.78 Å². The normalized spacial score (nSPS) is 11.6. The molecule has 0 aliphatic rings. The lowest BCUT2D eigenvalue weighted by Gasteiger charge is -2.07. The molecule has 0 bridgehead atoms. The van der Waals surface area contributed by atoms with E-state index in [9.17, 15) is 13.6 Å². The minimum atomic E-state index is -0.277. The minimum absolute atomic E-state index is 0.0375. The molecule has 3 rings (SSSR count). The molecule has 0 spiro atoms. The van der Waals surface area contributed by atoms with Gasteiger partial charge in [-0.1, -0.05) is 73.2 Å². The van der Waals surface area contributed by atoms with Crippen molar-refractivity contribution in [2.45, 2.75) is 19.8 Å². The van der Waals surface area contributed by atoms with Crippen LogP contribution < -0.4 is 0 Å². The summed E-state index contributed by atoms with van der Waals surface area (Å²) in [4.78, 5) is 12.0. The Balaban J connectivity index is 0.000000273. The van der Waals surface area contributed by atoms with Gasteiger partial charge in [0.05, 0.1) is 0 Å². The van der Waals surface area contributed by atoms with Crippen molar-refractivity contribution in [2.24, 2.45) is 0 Å². The van der Waals surface area contributed by atoms with Gasteiger partial charge >= 0.3 is 0 Å². The van der Waals surface area contributed by atoms with E-state index >= 15 is 0 Å². The van der Waals surface area contributed by atoms with E-state index in [2.05, 4.69) is 0 Å². The van der Waals surface area contributed by atoms with Crippen molar-refractivity contribution in [3.63, 3.8) is 0 Å². The lowest BCUT2D eigenvalue weighted by Crippen LogP contribution is -2.05. The molecule has 0 saturated heterocycles. The number of benzene rings is 3. The summed E-state index contributed by atoms with van der Waals surface area (Å²) in [7, 11) is 0. The molecule has 0 N–H and O–H groups in total. The summed E-state index contributed by atoms with van der Waals surface area (Å²) in [6.07, 6.45) is 3.26. The van der Waals surface area contributed by atoms with Crippen LogP contribution in [-0.4, -0.2) is 5.78 Å². The molecule has 3 heteroatoms. The number of halogens is 2. The molecule has 0 aliphatic carbocycles. The second-order valence-electron chi connectivity index (χ2n) is 6.22. The second kappa shape index (κ2) is 10.2. The number of hydrogen-bond acceptors (Lipinski definition) is 1. The second-order valence-corrected chi connectivity index (χ2v) is 6.22. The largest absolute Gasteiger partial charge is 0.294 e. The molecule has 0 heterocycles. The molecule has 0 aliphatic heterocycles. The van der Waals surface area contributed by atoms with E-state index in [1.165, 1.54) is 24.3 Å². The highest BCUT2D eigenvalue weighted by Gasteiger charge is 2.11. The molecule has 0 saturated carbocycles. The average Bonchev–Trinajstić information content (AvgIpc) is 2.70. The van der Waals surface area contributed by atoms with Gasteiger partial charge in [-0.2, -0.15) is 0 Å². The van der Waals surface area contributed by atoms with Gasteiger partial charge in [0, 0.05) is 5.92 Å². The Morgan fingerprint density at radius 1 is 0.815 bits per heavy atom. The third kappa shape index (κ3) is 6.98. The molecular weight excluding hydrogens is 342 g/mol. The molecule has 0 aromatic heterocycles. The van der Waals surface area contributed by atoms with Crippen LogP contribution in [0.4, 0.5) is 8.78 Å². The van der Waals surface area contributed by atoms with Crippen molar-refractivity contribution >= 4 is 11.9 Å². The van der Waals surface area contributed by atoms with E-state index < -0.39 is 0 Å². The Kier molecular flexibility index (Phi) is 7.63.